The van der Waals surface area contributed by atoms with Crippen LogP contribution >= 0.6 is 0 Å². The summed E-state index contributed by atoms with van der Waals surface area (Å²) in [7, 11) is 0. The van der Waals surface area contributed by atoms with Gasteiger partial charge in [-0.15, -0.1) is 0 Å². The van der Waals surface area contributed by atoms with Crippen molar-refractivity contribution in [1.82, 2.24) is 4.98 Å². The van der Waals surface area contributed by atoms with Crippen LogP contribution in [-0.2, 0) is 0 Å². The van der Waals surface area contributed by atoms with Gasteiger partial charge in [0.15, 0.2) is 0 Å². The number of nitrogens with zero attached hydrogens (tertiary/aromatic N) is 1. The molecule has 1 rings (SSSR count). The van der Waals surface area contributed by atoms with Gasteiger partial charge in [0.05, 0.1) is 0 Å². The summed E-state index contributed by atoms with van der Waals surface area (Å²) in [4.78, 5) is 4.00. The predicted molar refractivity (Wildman–Crippen MR) is 39.8 cm³/mol. The van der Waals surface area contributed by atoms with Crippen molar-refractivity contribution in [2.24, 2.45) is 0 Å². The van der Waals surface area contributed by atoms with E-state index >= 15 is 0 Å². The summed E-state index contributed by atoms with van der Waals surface area (Å²) in [6.45, 7) is 2.12. The standard InChI is InChI=1S/C7H7N.Sn/c1-2-7-4-3-5-8-6-7;/h3-6H,1H3;. The van der Waals surface area contributed by atoms with E-state index in [1.54, 1.807) is 6.20 Å². The average Bonchev–Trinajstić information content (AvgIpc) is 1.90. The zero-order chi connectivity index (χ0) is 6.69. The van der Waals surface area contributed by atoms with E-state index in [9.17, 15) is 0 Å². The van der Waals surface area contributed by atoms with Gasteiger partial charge in [0.25, 0.3) is 0 Å². The van der Waals surface area contributed by atoms with Crippen molar-refractivity contribution in [3.63, 3.8) is 0 Å². The van der Waals surface area contributed by atoms with Crippen molar-refractivity contribution in [2.45, 2.75) is 6.92 Å². The Bertz CT molecular complexity index is 205. The van der Waals surface area contributed by atoms with Gasteiger partial charge in [0.2, 0.25) is 0 Å². The fourth-order valence-corrected chi connectivity index (χ4v) is 1.01. The molecule has 0 aromatic carbocycles. The van der Waals surface area contributed by atoms with E-state index in [2.05, 4.69) is 18.0 Å². The van der Waals surface area contributed by atoms with Crippen molar-refractivity contribution in [1.29, 1.82) is 0 Å². The van der Waals surface area contributed by atoms with Gasteiger partial charge >= 0.3 is 67.6 Å². The second kappa shape index (κ2) is 3.11. The van der Waals surface area contributed by atoms with Gasteiger partial charge in [0.1, 0.15) is 0 Å². The van der Waals surface area contributed by atoms with E-state index < -0.39 is 0 Å². The third-order valence-corrected chi connectivity index (χ3v) is 1.92. The molecule has 2 heteroatoms. The van der Waals surface area contributed by atoms with Crippen LogP contribution < -0.4 is 0 Å². The number of hydrogen-bond acceptors (Lipinski definition) is 1. The van der Waals surface area contributed by atoms with E-state index in [1.165, 1.54) is 31.1 Å². The Labute approximate surface area is 67.7 Å². The maximum atomic E-state index is 4.00. The van der Waals surface area contributed by atoms with Crippen LogP contribution in [0.4, 0.5) is 0 Å². The summed E-state index contributed by atoms with van der Waals surface area (Å²) < 4.78 is 1.40. The average molecular weight is 224 g/mol. The van der Waals surface area contributed by atoms with Crippen LogP contribution in [0, 0.1) is 0 Å². The molecular formula is C7H7NSn. The van der Waals surface area contributed by atoms with Gasteiger partial charge in [-0.3, -0.25) is 0 Å². The molecule has 0 bridgehead atoms. The molecule has 44 valence electrons. The fraction of sp³-hybridized carbons (Fsp3) is 0.143. The Balaban J connectivity index is 2.98. The Morgan fingerprint density at radius 1 is 1.67 bits per heavy atom. The maximum absolute atomic E-state index is 4.00. The van der Waals surface area contributed by atoms with Crippen LogP contribution in [0.1, 0.15) is 12.5 Å². The molecule has 2 radical (unpaired) electrons. The Morgan fingerprint density at radius 2 is 2.44 bits per heavy atom. The summed E-state index contributed by atoms with van der Waals surface area (Å²) in [5, 5.41) is 0. The van der Waals surface area contributed by atoms with Crippen LogP contribution in [-0.4, -0.2) is 30.6 Å². The van der Waals surface area contributed by atoms with Gasteiger partial charge < -0.3 is 0 Å². The molecular weight excluding hydrogens is 217 g/mol. The van der Waals surface area contributed by atoms with Crippen LogP contribution in [0.3, 0.4) is 0 Å². The molecule has 0 amide bonds. The fourth-order valence-electron chi connectivity index (χ4n) is 0.585. The molecule has 0 atom stereocenters. The van der Waals surface area contributed by atoms with Crippen LogP contribution in [0.2, 0.25) is 0 Å². The molecule has 1 aromatic rings. The molecule has 0 unspecified atom stereocenters. The molecule has 0 saturated carbocycles. The third-order valence-electron chi connectivity index (χ3n) is 1.09. The first-order valence-electron chi connectivity index (χ1n) is 2.76. The summed E-state index contributed by atoms with van der Waals surface area (Å²) >= 11 is 1.47. The van der Waals surface area contributed by atoms with E-state index in [1.807, 2.05) is 12.3 Å². The molecule has 1 heterocycles. The summed E-state index contributed by atoms with van der Waals surface area (Å²) in [6.07, 6.45) is 3.69. The molecule has 0 fully saturated rings. The van der Waals surface area contributed by atoms with Crippen molar-refractivity contribution < 1.29 is 0 Å². The minimum absolute atomic E-state index is 1.26. The van der Waals surface area contributed by atoms with Crippen molar-refractivity contribution in [3.8, 4) is 0 Å². The summed E-state index contributed by atoms with van der Waals surface area (Å²) in [6, 6.07) is 4.04. The van der Waals surface area contributed by atoms with Gasteiger partial charge in [-0.1, -0.05) is 0 Å². The third kappa shape index (κ3) is 1.90. The first-order valence-corrected chi connectivity index (χ1v) is 4.19. The molecule has 9 heavy (non-hydrogen) atoms. The molecule has 0 aliphatic rings. The van der Waals surface area contributed by atoms with Crippen LogP contribution in [0.25, 0.3) is 0 Å². The Kier molecular flexibility index (Phi) is 2.39. The molecule has 0 spiro atoms. The van der Waals surface area contributed by atoms with E-state index in [4.69, 9.17) is 0 Å². The molecule has 1 aromatic heterocycles. The topological polar surface area (TPSA) is 12.9 Å². The predicted octanol–water partition coefficient (Wildman–Crippen LogP) is 0.790. The zero-order valence-corrected chi connectivity index (χ0v) is 8.11. The number of aromatic nitrogens is 1. The van der Waals surface area contributed by atoms with Crippen molar-refractivity contribution in [2.75, 3.05) is 0 Å². The molecule has 1 nitrogen and oxygen atoms in total. The second-order valence-corrected chi connectivity index (χ2v) is 4.01. The Morgan fingerprint density at radius 3 is 2.78 bits per heavy atom. The molecule has 0 N–H and O–H groups in total. The van der Waals surface area contributed by atoms with Crippen molar-refractivity contribution >= 4 is 25.6 Å². The molecule has 0 aliphatic heterocycles. The Hall–Kier alpha value is -0.181. The minimum atomic E-state index is 1.26. The quantitative estimate of drug-likeness (QED) is 0.642. The number of rotatable bonds is 1. The second-order valence-electron chi connectivity index (χ2n) is 1.87. The monoisotopic (exact) mass is 225 g/mol. The van der Waals surface area contributed by atoms with Gasteiger partial charge in [-0.2, -0.15) is 0 Å². The number of hydrogen-bond donors (Lipinski definition) is 0. The van der Waals surface area contributed by atoms with Crippen LogP contribution in [0.15, 0.2) is 24.5 Å². The first kappa shape index (κ1) is 6.93. The van der Waals surface area contributed by atoms with Gasteiger partial charge in [0, 0.05) is 0 Å². The van der Waals surface area contributed by atoms with Crippen molar-refractivity contribution in [3.05, 3.63) is 30.1 Å². The van der Waals surface area contributed by atoms with Crippen LogP contribution in [0.5, 0.6) is 0 Å². The normalized spacial score (nSPS) is 9.00. The van der Waals surface area contributed by atoms with E-state index in [0.717, 1.165) is 0 Å². The van der Waals surface area contributed by atoms with Gasteiger partial charge in [-0.25, -0.2) is 0 Å². The van der Waals surface area contributed by atoms with E-state index in [0.29, 0.717) is 0 Å². The van der Waals surface area contributed by atoms with Gasteiger partial charge in [-0.05, 0) is 0 Å². The zero-order valence-electron chi connectivity index (χ0n) is 5.26. The van der Waals surface area contributed by atoms with E-state index in [-0.39, 0.29) is 0 Å². The SMILES string of the molecule is C[C](=[Sn])c1cccnc1. The summed E-state index contributed by atoms with van der Waals surface area (Å²) in [5.41, 5.74) is 1.26. The summed E-state index contributed by atoms with van der Waals surface area (Å²) in [5.74, 6) is 0. The first-order chi connectivity index (χ1) is 4.30. The molecule has 0 aliphatic carbocycles. The number of pyridine rings is 1. The molecule has 0 saturated heterocycles.